The van der Waals surface area contributed by atoms with Gasteiger partial charge in [0.2, 0.25) is 0 Å². The number of nitrogens with one attached hydrogen (secondary N) is 1. The Labute approximate surface area is 103 Å². The van der Waals surface area contributed by atoms with Crippen LogP contribution in [-0.2, 0) is 21.0 Å². The van der Waals surface area contributed by atoms with Gasteiger partial charge in [0.05, 0.1) is 0 Å². The summed E-state index contributed by atoms with van der Waals surface area (Å²) in [6, 6.07) is 3.51. The maximum absolute atomic E-state index is 11.4. The van der Waals surface area contributed by atoms with Gasteiger partial charge in [-0.2, -0.15) is 0 Å². The number of nitrogens with zero attached hydrogens (tertiary/aromatic N) is 2. The highest BCUT2D eigenvalue weighted by Crippen LogP contribution is 2.11. The van der Waals surface area contributed by atoms with Crippen LogP contribution in [0, 0.1) is 0 Å². The maximum atomic E-state index is 11.4. The summed E-state index contributed by atoms with van der Waals surface area (Å²) in [5.74, 6) is -1.01. The first-order valence-corrected chi connectivity index (χ1v) is 5.37. The molecule has 0 radical (unpaired) electrons. The van der Waals surface area contributed by atoms with Crippen LogP contribution in [-0.4, -0.2) is 28.0 Å². The Balaban J connectivity index is 1.82. The maximum Gasteiger partial charge on any atom is 0.432 e. The molecule has 94 valence electrons. The van der Waals surface area contributed by atoms with Crippen molar-refractivity contribution in [3.8, 4) is 0 Å². The molecule has 1 aromatic rings. The van der Waals surface area contributed by atoms with Crippen LogP contribution in [0.1, 0.15) is 18.4 Å². The van der Waals surface area contributed by atoms with Crippen molar-refractivity contribution in [1.82, 2.24) is 15.4 Å². The van der Waals surface area contributed by atoms with Crippen LogP contribution < -0.4 is 5.32 Å². The smallest absolute Gasteiger partial charge is 0.315 e. The van der Waals surface area contributed by atoms with Gasteiger partial charge in [-0.15, -0.1) is 5.06 Å². The molecule has 1 N–H and O–H groups in total. The molecule has 18 heavy (non-hydrogen) atoms. The molecule has 0 atom stereocenters. The van der Waals surface area contributed by atoms with E-state index in [9.17, 15) is 14.4 Å². The summed E-state index contributed by atoms with van der Waals surface area (Å²) in [6.45, 7) is 0.211. The number of hydrogen-bond acceptors (Lipinski definition) is 5. The number of aromatic nitrogens is 1. The number of pyridine rings is 1. The largest absolute Gasteiger partial charge is 0.432 e. The summed E-state index contributed by atoms with van der Waals surface area (Å²) in [4.78, 5) is 42.2. The lowest BCUT2D eigenvalue weighted by Gasteiger charge is -2.12. The number of imide groups is 1. The van der Waals surface area contributed by atoms with Gasteiger partial charge in [-0.05, 0) is 11.6 Å². The predicted octanol–water partition coefficient (Wildman–Crippen LogP) is 0.372. The summed E-state index contributed by atoms with van der Waals surface area (Å²) in [5.41, 5.74) is 0.786. The Morgan fingerprint density at radius 2 is 2.11 bits per heavy atom. The summed E-state index contributed by atoms with van der Waals surface area (Å²) < 4.78 is 0. The van der Waals surface area contributed by atoms with E-state index in [0.29, 0.717) is 5.06 Å². The summed E-state index contributed by atoms with van der Waals surface area (Å²) in [6.07, 6.45) is 2.52. The third kappa shape index (κ3) is 2.82. The van der Waals surface area contributed by atoms with Crippen molar-refractivity contribution in [3.05, 3.63) is 30.1 Å². The number of amides is 3. The number of carbonyl (C=O) groups is 3. The molecule has 7 nitrogen and oxygen atoms in total. The average molecular weight is 249 g/mol. The second-order valence-corrected chi connectivity index (χ2v) is 3.68. The van der Waals surface area contributed by atoms with Gasteiger partial charge in [-0.1, -0.05) is 6.07 Å². The fourth-order valence-corrected chi connectivity index (χ4v) is 1.45. The number of rotatable bonds is 3. The predicted molar refractivity (Wildman–Crippen MR) is 58.6 cm³/mol. The molecule has 0 bridgehead atoms. The second kappa shape index (κ2) is 5.26. The first kappa shape index (κ1) is 12.0. The van der Waals surface area contributed by atoms with Crippen molar-refractivity contribution in [2.45, 2.75) is 19.4 Å². The molecule has 1 saturated heterocycles. The van der Waals surface area contributed by atoms with Gasteiger partial charge in [0.15, 0.2) is 0 Å². The first-order chi connectivity index (χ1) is 8.66. The van der Waals surface area contributed by atoms with E-state index in [2.05, 4.69) is 15.1 Å². The molecule has 0 aliphatic carbocycles. The number of hydroxylamine groups is 2. The fraction of sp³-hybridized carbons (Fsp3) is 0.273. The lowest BCUT2D eigenvalue weighted by Crippen LogP contribution is -2.36. The van der Waals surface area contributed by atoms with E-state index in [0.717, 1.165) is 5.56 Å². The monoisotopic (exact) mass is 249 g/mol. The van der Waals surface area contributed by atoms with Crippen LogP contribution in [0.4, 0.5) is 4.79 Å². The lowest BCUT2D eigenvalue weighted by atomic mass is 10.3. The molecule has 1 aliphatic rings. The van der Waals surface area contributed by atoms with Gasteiger partial charge in [0.25, 0.3) is 11.8 Å². The minimum absolute atomic E-state index is 0.0781. The van der Waals surface area contributed by atoms with Crippen LogP contribution in [0.5, 0.6) is 0 Å². The molecule has 0 aromatic carbocycles. The van der Waals surface area contributed by atoms with Crippen molar-refractivity contribution >= 4 is 17.9 Å². The highest BCUT2D eigenvalue weighted by atomic mass is 16.7. The number of hydrogen-bond donors (Lipinski definition) is 1. The van der Waals surface area contributed by atoms with Crippen LogP contribution >= 0.6 is 0 Å². The van der Waals surface area contributed by atoms with Gasteiger partial charge < -0.3 is 10.2 Å². The van der Waals surface area contributed by atoms with Crippen LogP contribution in [0.3, 0.4) is 0 Å². The zero-order valence-corrected chi connectivity index (χ0v) is 9.46. The molecule has 1 aliphatic heterocycles. The quantitative estimate of drug-likeness (QED) is 0.782. The van der Waals surface area contributed by atoms with Gasteiger partial charge in [0.1, 0.15) is 0 Å². The van der Waals surface area contributed by atoms with E-state index >= 15 is 0 Å². The Morgan fingerprint density at radius 3 is 2.72 bits per heavy atom. The van der Waals surface area contributed by atoms with E-state index < -0.39 is 17.9 Å². The molecular formula is C11H11N3O4. The minimum Gasteiger partial charge on any atom is -0.315 e. The molecule has 0 unspecified atom stereocenters. The van der Waals surface area contributed by atoms with E-state index in [1.807, 2.05) is 0 Å². The highest BCUT2D eigenvalue weighted by Gasteiger charge is 2.32. The van der Waals surface area contributed by atoms with Crippen LogP contribution in [0.2, 0.25) is 0 Å². The third-order valence-corrected chi connectivity index (χ3v) is 2.34. The zero-order valence-electron chi connectivity index (χ0n) is 9.46. The molecule has 0 saturated carbocycles. The Bertz CT molecular complexity index is 458. The molecule has 7 heteroatoms. The molecule has 1 fully saturated rings. The third-order valence-electron chi connectivity index (χ3n) is 2.34. The van der Waals surface area contributed by atoms with Gasteiger partial charge >= 0.3 is 6.09 Å². The number of carbonyl (C=O) groups excluding carboxylic acids is 3. The zero-order chi connectivity index (χ0) is 13.0. The Hall–Kier alpha value is -2.44. The molecular weight excluding hydrogens is 238 g/mol. The van der Waals surface area contributed by atoms with Gasteiger partial charge in [-0.25, -0.2) is 4.79 Å². The van der Waals surface area contributed by atoms with E-state index in [4.69, 9.17) is 0 Å². The van der Waals surface area contributed by atoms with E-state index in [1.165, 1.54) is 0 Å². The normalized spacial score (nSPS) is 14.8. The van der Waals surface area contributed by atoms with E-state index in [-0.39, 0.29) is 19.4 Å². The summed E-state index contributed by atoms with van der Waals surface area (Å²) in [7, 11) is 0. The molecule has 1 aromatic heterocycles. The highest BCUT2D eigenvalue weighted by molar-refractivity contribution is 6.01. The van der Waals surface area contributed by atoms with Crippen LogP contribution in [0.25, 0.3) is 0 Å². The Morgan fingerprint density at radius 1 is 1.39 bits per heavy atom. The topological polar surface area (TPSA) is 88.6 Å². The molecule has 2 rings (SSSR count). The van der Waals surface area contributed by atoms with Gasteiger partial charge in [0, 0.05) is 31.8 Å². The van der Waals surface area contributed by atoms with Crippen molar-refractivity contribution in [2.24, 2.45) is 0 Å². The fourth-order valence-electron chi connectivity index (χ4n) is 1.45. The van der Waals surface area contributed by atoms with Crippen molar-refractivity contribution < 1.29 is 19.2 Å². The van der Waals surface area contributed by atoms with Gasteiger partial charge in [-0.3, -0.25) is 14.6 Å². The van der Waals surface area contributed by atoms with Crippen molar-refractivity contribution in [2.75, 3.05) is 0 Å². The van der Waals surface area contributed by atoms with E-state index in [1.54, 1.807) is 24.5 Å². The first-order valence-electron chi connectivity index (χ1n) is 5.37. The molecule has 0 spiro atoms. The Kier molecular flexibility index (Phi) is 3.52. The molecule has 2 heterocycles. The second-order valence-electron chi connectivity index (χ2n) is 3.68. The summed E-state index contributed by atoms with van der Waals surface area (Å²) >= 11 is 0. The SMILES string of the molecule is O=C(NCc1cccnc1)ON1C(=O)CCC1=O. The lowest BCUT2D eigenvalue weighted by molar-refractivity contribution is -0.171. The molecule has 3 amide bonds. The van der Waals surface area contributed by atoms with Crippen LogP contribution in [0.15, 0.2) is 24.5 Å². The standard InChI is InChI=1S/C11H11N3O4/c15-9-3-4-10(16)14(9)18-11(17)13-7-8-2-1-5-12-6-8/h1-2,5-6H,3-4,7H2,(H,13,17). The summed E-state index contributed by atoms with van der Waals surface area (Å²) in [5, 5.41) is 2.92. The minimum atomic E-state index is -0.845. The average Bonchev–Trinajstić information content (AvgIpc) is 2.69. The van der Waals surface area contributed by atoms with Crippen molar-refractivity contribution in [3.63, 3.8) is 0 Å². The van der Waals surface area contributed by atoms with Crippen molar-refractivity contribution in [1.29, 1.82) is 0 Å².